The van der Waals surface area contributed by atoms with Crippen molar-refractivity contribution in [2.75, 3.05) is 46.4 Å². The lowest BCUT2D eigenvalue weighted by Crippen LogP contribution is -2.41. The molecule has 0 spiro atoms. The number of rotatable bonds is 12. The third-order valence-electron chi connectivity index (χ3n) is 5.19. The first kappa shape index (κ1) is 23.2. The second-order valence-electron chi connectivity index (χ2n) is 7.72. The molecule has 6 heteroatoms. The smallest absolute Gasteiger partial charge is 0.119 e. The third kappa shape index (κ3) is 6.72. The van der Waals surface area contributed by atoms with Crippen molar-refractivity contribution in [3.63, 3.8) is 0 Å². The number of aliphatic hydroxyl groups is 1. The van der Waals surface area contributed by atoms with Gasteiger partial charge in [-0.15, -0.1) is 0 Å². The van der Waals surface area contributed by atoms with E-state index in [1.165, 1.54) is 11.1 Å². The Morgan fingerprint density at radius 1 is 0.897 bits per heavy atom. The zero-order valence-corrected chi connectivity index (χ0v) is 17.8. The summed E-state index contributed by atoms with van der Waals surface area (Å²) in [4.78, 5) is 2.05. The van der Waals surface area contributed by atoms with E-state index < -0.39 is 6.10 Å². The van der Waals surface area contributed by atoms with Gasteiger partial charge in [0.15, 0.2) is 0 Å². The molecule has 0 amide bonds. The third-order valence-corrected chi connectivity index (χ3v) is 5.19. The van der Waals surface area contributed by atoms with Gasteiger partial charge in [-0.25, -0.2) is 0 Å². The molecule has 0 aliphatic carbocycles. The molecule has 2 aromatic rings. The summed E-state index contributed by atoms with van der Waals surface area (Å²) >= 11 is 0. The van der Waals surface area contributed by atoms with Gasteiger partial charge in [0.1, 0.15) is 24.2 Å². The highest BCUT2D eigenvalue weighted by molar-refractivity contribution is 5.41. The van der Waals surface area contributed by atoms with Crippen LogP contribution in [0.2, 0.25) is 0 Å². The zero-order chi connectivity index (χ0) is 21.3. The second-order valence-corrected chi connectivity index (χ2v) is 7.72. The molecule has 0 aliphatic rings. The number of nitrogens with zero attached hydrogens (tertiary/aromatic N) is 1. The van der Waals surface area contributed by atoms with Gasteiger partial charge in [-0.3, -0.25) is 4.90 Å². The Morgan fingerprint density at radius 3 is 1.83 bits per heavy atom. The summed E-state index contributed by atoms with van der Waals surface area (Å²) in [5, 5.41) is 10.3. The average Bonchev–Trinajstić information content (AvgIpc) is 2.73. The lowest BCUT2D eigenvalue weighted by atomic mass is 9.78. The van der Waals surface area contributed by atoms with E-state index in [1.807, 2.05) is 24.3 Å². The van der Waals surface area contributed by atoms with E-state index in [9.17, 15) is 5.11 Å². The van der Waals surface area contributed by atoms with Crippen LogP contribution in [0.25, 0.3) is 0 Å². The molecule has 0 bridgehead atoms. The molecule has 0 aliphatic heterocycles. The van der Waals surface area contributed by atoms with E-state index in [0.717, 1.165) is 11.5 Å². The molecule has 2 rings (SSSR count). The van der Waals surface area contributed by atoms with Crippen molar-refractivity contribution < 1.29 is 14.6 Å². The quantitative estimate of drug-likeness (QED) is 0.504. The Hall–Kier alpha value is -2.12. The molecule has 6 nitrogen and oxygen atoms in total. The van der Waals surface area contributed by atoms with Crippen molar-refractivity contribution in [3.8, 4) is 11.5 Å². The summed E-state index contributed by atoms with van der Waals surface area (Å²) in [6, 6.07) is 16.2. The summed E-state index contributed by atoms with van der Waals surface area (Å²) in [6.45, 7) is 7.62. The molecule has 0 aromatic heterocycles. The topological polar surface area (TPSA) is 94.0 Å². The SMILES string of the molecule is COc1ccc(C(C)(C)c2ccc(OCC(O)CN(CCN)CCN)cc2)cc1. The van der Waals surface area contributed by atoms with Crippen molar-refractivity contribution >= 4 is 0 Å². The minimum absolute atomic E-state index is 0.144. The number of benzene rings is 2. The first-order valence-corrected chi connectivity index (χ1v) is 10.1. The standard InChI is InChI=1S/C23H35N3O3/c1-23(2,18-4-8-21(28-3)9-5-18)19-6-10-22(11-7-19)29-17-20(27)16-26(14-12-24)15-13-25/h4-11,20,27H,12-17,24-25H2,1-3H3. The summed E-state index contributed by atoms with van der Waals surface area (Å²) in [5.41, 5.74) is 13.5. The Balaban J connectivity index is 1.95. The van der Waals surface area contributed by atoms with Crippen LogP contribution in [0.4, 0.5) is 0 Å². The minimum Gasteiger partial charge on any atom is -0.497 e. The summed E-state index contributed by atoms with van der Waals surface area (Å²) in [6.07, 6.45) is -0.594. The molecule has 2 aromatic carbocycles. The fourth-order valence-electron chi connectivity index (χ4n) is 3.34. The predicted molar refractivity (Wildman–Crippen MR) is 118 cm³/mol. The maximum atomic E-state index is 10.3. The van der Waals surface area contributed by atoms with Gasteiger partial charge in [0.25, 0.3) is 0 Å². The Morgan fingerprint density at radius 2 is 1.38 bits per heavy atom. The van der Waals surface area contributed by atoms with Gasteiger partial charge in [-0.05, 0) is 35.4 Å². The number of nitrogens with two attached hydrogens (primary N) is 2. The lowest BCUT2D eigenvalue weighted by Gasteiger charge is -2.27. The molecular formula is C23H35N3O3. The van der Waals surface area contributed by atoms with Gasteiger partial charge in [-0.1, -0.05) is 38.1 Å². The predicted octanol–water partition coefficient (Wildman–Crippen LogP) is 1.98. The van der Waals surface area contributed by atoms with Gasteiger partial charge >= 0.3 is 0 Å². The molecule has 1 unspecified atom stereocenters. The Labute approximate surface area is 174 Å². The molecular weight excluding hydrogens is 366 g/mol. The van der Waals surface area contributed by atoms with Crippen LogP contribution in [0.15, 0.2) is 48.5 Å². The van der Waals surface area contributed by atoms with Crippen molar-refractivity contribution in [2.45, 2.75) is 25.4 Å². The summed E-state index contributed by atoms with van der Waals surface area (Å²) in [5.74, 6) is 1.59. The molecule has 0 saturated heterocycles. The highest BCUT2D eigenvalue weighted by atomic mass is 16.5. The van der Waals surface area contributed by atoms with E-state index in [2.05, 4.69) is 43.0 Å². The Bertz CT molecular complexity index is 711. The van der Waals surface area contributed by atoms with Gasteiger partial charge in [0, 0.05) is 38.1 Å². The van der Waals surface area contributed by atoms with E-state index in [-0.39, 0.29) is 12.0 Å². The van der Waals surface area contributed by atoms with Crippen molar-refractivity contribution in [3.05, 3.63) is 59.7 Å². The van der Waals surface area contributed by atoms with Crippen LogP contribution < -0.4 is 20.9 Å². The lowest BCUT2D eigenvalue weighted by molar-refractivity contribution is 0.0701. The van der Waals surface area contributed by atoms with Gasteiger partial charge in [0.05, 0.1) is 7.11 Å². The van der Waals surface area contributed by atoms with E-state index in [1.54, 1.807) is 7.11 Å². The van der Waals surface area contributed by atoms with Crippen molar-refractivity contribution in [2.24, 2.45) is 11.5 Å². The second kappa shape index (κ2) is 11.2. The van der Waals surface area contributed by atoms with Crippen LogP contribution in [-0.2, 0) is 5.41 Å². The first-order valence-electron chi connectivity index (χ1n) is 10.1. The summed E-state index contributed by atoms with van der Waals surface area (Å²) in [7, 11) is 1.67. The van der Waals surface area contributed by atoms with E-state index in [4.69, 9.17) is 20.9 Å². The van der Waals surface area contributed by atoms with Crippen molar-refractivity contribution in [1.82, 2.24) is 4.90 Å². The molecule has 29 heavy (non-hydrogen) atoms. The molecule has 5 N–H and O–H groups in total. The van der Waals surface area contributed by atoms with Crippen LogP contribution in [0.3, 0.4) is 0 Å². The zero-order valence-electron chi connectivity index (χ0n) is 17.8. The van der Waals surface area contributed by atoms with Crippen LogP contribution in [-0.4, -0.2) is 62.6 Å². The van der Waals surface area contributed by atoms with Gasteiger partial charge in [0.2, 0.25) is 0 Å². The number of hydrogen-bond acceptors (Lipinski definition) is 6. The number of ether oxygens (including phenoxy) is 2. The number of aliphatic hydroxyl groups excluding tert-OH is 1. The molecule has 0 saturated carbocycles. The number of methoxy groups -OCH3 is 1. The monoisotopic (exact) mass is 401 g/mol. The van der Waals surface area contributed by atoms with Gasteiger partial charge < -0.3 is 26.0 Å². The van der Waals surface area contributed by atoms with Gasteiger partial charge in [-0.2, -0.15) is 0 Å². The fourth-order valence-corrected chi connectivity index (χ4v) is 3.34. The summed E-state index contributed by atoms with van der Waals surface area (Å²) < 4.78 is 11.0. The highest BCUT2D eigenvalue weighted by Crippen LogP contribution is 2.33. The largest absolute Gasteiger partial charge is 0.497 e. The minimum atomic E-state index is -0.594. The maximum absolute atomic E-state index is 10.3. The maximum Gasteiger partial charge on any atom is 0.119 e. The number of hydrogen-bond donors (Lipinski definition) is 3. The molecule has 1 atom stereocenters. The van der Waals surface area contributed by atoms with Crippen LogP contribution in [0.1, 0.15) is 25.0 Å². The highest BCUT2D eigenvalue weighted by Gasteiger charge is 2.23. The van der Waals surface area contributed by atoms with E-state index >= 15 is 0 Å². The van der Waals surface area contributed by atoms with Crippen LogP contribution in [0, 0.1) is 0 Å². The van der Waals surface area contributed by atoms with E-state index in [0.29, 0.717) is 32.7 Å². The molecule has 0 fully saturated rings. The molecule has 0 heterocycles. The molecule has 0 radical (unpaired) electrons. The average molecular weight is 402 g/mol. The first-order chi connectivity index (χ1) is 13.9. The normalized spacial score (nSPS) is 12.8. The Kier molecular flexibility index (Phi) is 8.92. The molecule has 160 valence electrons. The van der Waals surface area contributed by atoms with Crippen LogP contribution in [0.5, 0.6) is 11.5 Å². The van der Waals surface area contributed by atoms with Crippen LogP contribution >= 0.6 is 0 Å². The van der Waals surface area contributed by atoms with Crippen molar-refractivity contribution in [1.29, 1.82) is 0 Å². The fraction of sp³-hybridized carbons (Fsp3) is 0.478.